The Bertz CT molecular complexity index is 556. The van der Waals surface area contributed by atoms with Crippen LogP contribution < -0.4 is 4.74 Å². The fourth-order valence-corrected chi connectivity index (χ4v) is 1.73. The summed E-state index contributed by atoms with van der Waals surface area (Å²) in [6.45, 7) is 5.83. The van der Waals surface area contributed by atoms with Gasteiger partial charge in [0.25, 0.3) is 0 Å². The number of ether oxygens (including phenoxy) is 1. The molecular weight excluding hydrogens is 238 g/mol. The molecule has 0 saturated heterocycles. The Morgan fingerprint density at radius 2 is 1.68 bits per heavy atom. The van der Waals surface area contributed by atoms with Crippen molar-refractivity contribution in [2.75, 3.05) is 0 Å². The van der Waals surface area contributed by atoms with Crippen LogP contribution in [0.1, 0.15) is 35.5 Å². The third kappa shape index (κ3) is 3.41. The second kappa shape index (κ2) is 5.65. The number of carbonyl (C=O) groups excluding carboxylic acids is 1. The van der Waals surface area contributed by atoms with Gasteiger partial charge in [-0.2, -0.15) is 0 Å². The maximum absolute atomic E-state index is 12.2. The Morgan fingerprint density at radius 1 is 1.05 bits per heavy atom. The number of hydrogen-bond acceptors (Lipinski definition) is 3. The first kappa shape index (κ1) is 13.3. The fraction of sp³-hybridized carbons (Fsp3) is 0.250. The molecule has 0 saturated carbocycles. The molecule has 3 heteroatoms. The lowest BCUT2D eigenvalue weighted by molar-refractivity contribution is 0.103. The van der Waals surface area contributed by atoms with Crippen LogP contribution in [-0.4, -0.2) is 16.9 Å². The second-order valence-electron chi connectivity index (χ2n) is 4.71. The summed E-state index contributed by atoms with van der Waals surface area (Å²) in [7, 11) is 0. The van der Waals surface area contributed by atoms with Crippen molar-refractivity contribution in [1.82, 2.24) is 4.98 Å². The van der Waals surface area contributed by atoms with E-state index < -0.39 is 0 Å². The van der Waals surface area contributed by atoms with E-state index in [2.05, 4.69) is 4.98 Å². The van der Waals surface area contributed by atoms with Crippen molar-refractivity contribution in [3.63, 3.8) is 0 Å². The van der Waals surface area contributed by atoms with Crippen molar-refractivity contribution in [3.05, 3.63) is 59.4 Å². The fourth-order valence-electron chi connectivity index (χ4n) is 1.73. The van der Waals surface area contributed by atoms with Crippen LogP contribution in [0.5, 0.6) is 5.75 Å². The number of benzene rings is 1. The Balaban J connectivity index is 2.17. The standard InChI is InChI=1S/C16H17NO2/c1-11(2)19-15-8-6-13(7-9-15)16(18)14-5-4-12(3)17-10-14/h4-11H,1-3H3. The van der Waals surface area contributed by atoms with Gasteiger partial charge in [-0.05, 0) is 57.2 Å². The highest BCUT2D eigenvalue weighted by atomic mass is 16.5. The molecule has 1 heterocycles. The number of carbonyl (C=O) groups is 1. The number of aromatic nitrogens is 1. The third-order valence-corrected chi connectivity index (χ3v) is 2.66. The first-order valence-corrected chi connectivity index (χ1v) is 6.30. The van der Waals surface area contributed by atoms with E-state index in [1.165, 1.54) is 0 Å². The summed E-state index contributed by atoms with van der Waals surface area (Å²) < 4.78 is 5.55. The van der Waals surface area contributed by atoms with E-state index in [-0.39, 0.29) is 11.9 Å². The molecule has 1 aromatic heterocycles. The van der Waals surface area contributed by atoms with Crippen molar-refractivity contribution in [2.24, 2.45) is 0 Å². The molecule has 3 nitrogen and oxygen atoms in total. The van der Waals surface area contributed by atoms with Crippen LogP contribution >= 0.6 is 0 Å². The van der Waals surface area contributed by atoms with Crippen molar-refractivity contribution in [3.8, 4) is 5.75 Å². The summed E-state index contributed by atoms with van der Waals surface area (Å²) in [4.78, 5) is 16.3. The Hall–Kier alpha value is -2.16. The van der Waals surface area contributed by atoms with Crippen molar-refractivity contribution in [2.45, 2.75) is 26.9 Å². The van der Waals surface area contributed by atoms with Gasteiger partial charge in [0.05, 0.1) is 6.10 Å². The van der Waals surface area contributed by atoms with Crippen LogP contribution in [-0.2, 0) is 0 Å². The molecule has 0 N–H and O–H groups in total. The maximum Gasteiger partial charge on any atom is 0.194 e. The topological polar surface area (TPSA) is 39.2 Å². The lowest BCUT2D eigenvalue weighted by Crippen LogP contribution is -2.06. The van der Waals surface area contributed by atoms with Gasteiger partial charge in [0, 0.05) is 23.0 Å². The summed E-state index contributed by atoms with van der Waals surface area (Å²) in [6.07, 6.45) is 1.73. The number of ketones is 1. The molecule has 2 aromatic rings. The van der Waals surface area contributed by atoms with Crippen molar-refractivity contribution >= 4 is 5.78 Å². The molecule has 0 aliphatic heterocycles. The average Bonchev–Trinajstić information content (AvgIpc) is 2.39. The lowest BCUT2D eigenvalue weighted by atomic mass is 10.0. The Labute approximate surface area is 113 Å². The quantitative estimate of drug-likeness (QED) is 0.786. The average molecular weight is 255 g/mol. The van der Waals surface area contributed by atoms with Gasteiger partial charge in [0.2, 0.25) is 0 Å². The highest BCUT2D eigenvalue weighted by Gasteiger charge is 2.09. The number of hydrogen-bond donors (Lipinski definition) is 0. The smallest absolute Gasteiger partial charge is 0.194 e. The van der Waals surface area contributed by atoms with Gasteiger partial charge in [-0.15, -0.1) is 0 Å². The number of rotatable bonds is 4. The molecule has 0 atom stereocenters. The lowest BCUT2D eigenvalue weighted by Gasteiger charge is -2.09. The molecular formula is C16H17NO2. The van der Waals surface area contributed by atoms with Crippen LogP contribution in [0.4, 0.5) is 0 Å². The summed E-state index contributed by atoms with van der Waals surface area (Å²) in [5.41, 5.74) is 2.14. The van der Waals surface area contributed by atoms with Gasteiger partial charge in [0.15, 0.2) is 5.78 Å². The molecule has 0 unspecified atom stereocenters. The van der Waals surface area contributed by atoms with Gasteiger partial charge in [0.1, 0.15) is 5.75 Å². The third-order valence-electron chi connectivity index (χ3n) is 2.66. The first-order valence-electron chi connectivity index (χ1n) is 6.30. The molecule has 98 valence electrons. The summed E-state index contributed by atoms with van der Waals surface area (Å²) >= 11 is 0. The number of aryl methyl sites for hydroxylation is 1. The largest absolute Gasteiger partial charge is 0.491 e. The molecule has 0 aliphatic carbocycles. The molecule has 1 aromatic carbocycles. The summed E-state index contributed by atoms with van der Waals surface area (Å²) in [5.74, 6) is 0.747. The zero-order valence-electron chi connectivity index (χ0n) is 11.4. The minimum atomic E-state index is -0.0244. The van der Waals surface area contributed by atoms with Crippen LogP contribution in [0.2, 0.25) is 0 Å². The monoisotopic (exact) mass is 255 g/mol. The summed E-state index contributed by atoms with van der Waals surface area (Å²) in [6, 6.07) is 10.8. The van der Waals surface area contributed by atoms with Crippen LogP contribution in [0.15, 0.2) is 42.6 Å². The van der Waals surface area contributed by atoms with Crippen molar-refractivity contribution in [1.29, 1.82) is 0 Å². The number of nitrogens with zero attached hydrogens (tertiary/aromatic N) is 1. The molecule has 0 fully saturated rings. The highest BCUT2D eigenvalue weighted by Crippen LogP contribution is 2.16. The van der Waals surface area contributed by atoms with E-state index in [9.17, 15) is 4.79 Å². The minimum absolute atomic E-state index is 0.0244. The van der Waals surface area contributed by atoms with E-state index in [1.807, 2.05) is 39.0 Å². The SMILES string of the molecule is Cc1ccc(C(=O)c2ccc(OC(C)C)cc2)cn1. The molecule has 0 bridgehead atoms. The van der Waals surface area contributed by atoms with Gasteiger partial charge < -0.3 is 4.74 Å². The van der Waals surface area contributed by atoms with E-state index in [1.54, 1.807) is 24.4 Å². The first-order chi connectivity index (χ1) is 9.06. The molecule has 0 spiro atoms. The van der Waals surface area contributed by atoms with Crippen molar-refractivity contribution < 1.29 is 9.53 Å². The van der Waals surface area contributed by atoms with Crippen LogP contribution in [0.3, 0.4) is 0 Å². The van der Waals surface area contributed by atoms with E-state index in [0.29, 0.717) is 11.1 Å². The maximum atomic E-state index is 12.2. The van der Waals surface area contributed by atoms with Crippen LogP contribution in [0.25, 0.3) is 0 Å². The zero-order valence-corrected chi connectivity index (χ0v) is 11.4. The molecule has 0 aliphatic rings. The van der Waals surface area contributed by atoms with E-state index in [4.69, 9.17) is 4.74 Å². The Kier molecular flexibility index (Phi) is 3.95. The van der Waals surface area contributed by atoms with Crippen LogP contribution in [0, 0.1) is 6.92 Å². The minimum Gasteiger partial charge on any atom is -0.491 e. The molecule has 19 heavy (non-hydrogen) atoms. The predicted octanol–water partition coefficient (Wildman–Crippen LogP) is 3.41. The highest BCUT2D eigenvalue weighted by molar-refractivity contribution is 6.08. The Morgan fingerprint density at radius 3 is 2.21 bits per heavy atom. The molecule has 2 rings (SSSR count). The van der Waals surface area contributed by atoms with Gasteiger partial charge in [-0.3, -0.25) is 9.78 Å². The predicted molar refractivity (Wildman–Crippen MR) is 74.6 cm³/mol. The normalized spacial score (nSPS) is 10.5. The van der Waals surface area contributed by atoms with Gasteiger partial charge >= 0.3 is 0 Å². The number of pyridine rings is 1. The second-order valence-corrected chi connectivity index (χ2v) is 4.71. The molecule has 0 radical (unpaired) electrons. The van der Waals surface area contributed by atoms with E-state index >= 15 is 0 Å². The van der Waals surface area contributed by atoms with Gasteiger partial charge in [-0.25, -0.2) is 0 Å². The zero-order chi connectivity index (χ0) is 13.8. The summed E-state index contributed by atoms with van der Waals surface area (Å²) in [5, 5.41) is 0. The van der Waals surface area contributed by atoms with Gasteiger partial charge in [-0.1, -0.05) is 0 Å². The van der Waals surface area contributed by atoms with E-state index in [0.717, 1.165) is 11.4 Å². The molecule has 0 amide bonds.